The lowest BCUT2D eigenvalue weighted by atomic mass is 10.1. The lowest BCUT2D eigenvalue weighted by molar-refractivity contribution is 0.0947. The second-order valence-corrected chi connectivity index (χ2v) is 4.73. The van der Waals surface area contributed by atoms with Gasteiger partial charge in [0, 0.05) is 5.56 Å². The van der Waals surface area contributed by atoms with Gasteiger partial charge in [-0.25, -0.2) is 4.39 Å². The highest BCUT2D eigenvalue weighted by Gasteiger charge is 2.21. The zero-order valence-corrected chi connectivity index (χ0v) is 11.8. The number of amides is 1. The van der Waals surface area contributed by atoms with Crippen molar-refractivity contribution >= 4 is 5.91 Å². The van der Waals surface area contributed by atoms with Crippen LogP contribution in [-0.4, -0.2) is 11.1 Å². The fourth-order valence-electron chi connectivity index (χ4n) is 2.14. The highest BCUT2D eigenvalue weighted by atomic mass is 19.1. The molecule has 2 aromatic heterocycles. The average molecular weight is 300 g/mol. The standard InChI is InChI=1S/C16H13FN2O3/c1-10-14(16(20)18-9-13-6-3-7-21-13)15(19-22-10)11-4-2-5-12(17)8-11/h2-8H,9H2,1H3,(H,18,20). The van der Waals surface area contributed by atoms with Crippen molar-refractivity contribution in [1.82, 2.24) is 10.5 Å². The number of halogens is 1. The first kappa shape index (κ1) is 14.1. The number of nitrogens with one attached hydrogen (secondary N) is 1. The summed E-state index contributed by atoms with van der Waals surface area (Å²) in [4.78, 5) is 12.4. The number of carbonyl (C=O) groups is 1. The van der Waals surface area contributed by atoms with Crippen molar-refractivity contribution in [3.8, 4) is 11.3 Å². The van der Waals surface area contributed by atoms with E-state index in [1.165, 1.54) is 18.4 Å². The van der Waals surface area contributed by atoms with E-state index in [2.05, 4.69) is 10.5 Å². The predicted octanol–water partition coefficient (Wildman–Crippen LogP) is 3.31. The molecule has 3 rings (SSSR count). The number of carbonyl (C=O) groups excluding carboxylic acids is 1. The zero-order chi connectivity index (χ0) is 15.5. The summed E-state index contributed by atoms with van der Waals surface area (Å²) in [7, 11) is 0. The number of benzene rings is 1. The van der Waals surface area contributed by atoms with Gasteiger partial charge in [-0.1, -0.05) is 17.3 Å². The highest BCUT2D eigenvalue weighted by Crippen LogP contribution is 2.25. The summed E-state index contributed by atoms with van der Waals surface area (Å²) in [6.45, 7) is 1.89. The molecule has 1 N–H and O–H groups in total. The molecule has 0 fully saturated rings. The van der Waals surface area contributed by atoms with E-state index in [1.807, 2.05) is 0 Å². The van der Waals surface area contributed by atoms with Gasteiger partial charge in [0.1, 0.15) is 28.6 Å². The molecule has 0 aliphatic heterocycles. The van der Waals surface area contributed by atoms with Crippen molar-refractivity contribution in [2.75, 3.05) is 0 Å². The smallest absolute Gasteiger partial charge is 0.257 e. The molecule has 22 heavy (non-hydrogen) atoms. The first-order valence-electron chi connectivity index (χ1n) is 6.68. The normalized spacial score (nSPS) is 10.6. The maximum absolute atomic E-state index is 13.4. The summed E-state index contributed by atoms with van der Waals surface area (Å²) in [5.41, 5.74) is 1.09. The van der Waals surface area contributed by atoms with Crippen LogP contribution in [0, 0.1) is 12.7 Å². The Morgan fingerprint density at radius 3 is 2.91 bits per heavy atom. The quantitative estimate of drug-likeness (QED) is 0.802. The van der Waals surface area contributed by atoms with E-state index in [9.17, 15) is 9.18 Å². The van der Waals surface area contributed by atoms with Crippen LogP contribution in [-0.2, 0) is 6.54 Å². The van der Waals surface area contributed by atoms with Crippen molar-refractivity contribution < 1.29 is 18.1 Å². The van der Waals surface area contributed by atoms with Crippen LogP contribution >= 0.6 is 0 Å². The minimum Gasteiger partial charge on any atom is -0.467 e. The van der Waals surface area contributed by atoms with Gasteiger partial charge in [-0.05, 0) is 31.2 Å². The fraction of sp³-hybridized carbons (Fsp3) is 0.125. The third kappa shape index (κ3) is 2.76. The number of rotatable bonds is 4. The second kappa shape index (κ2) is 5.85. The van der Waals surface area contributed by atoms with E-state index in [0.717, 1.165) is 0 Å². The van der Waals surface area contributed by atoms with Crippen LogP contribution in [0.4, 0.5) is 4.39 Å². The molecule has 112 valence electrons. The monoisotopic (exact) mass is 300 g/mol. The number of aromatic nitrogens is 1. The van der Waals surface area contributed by atoms with Crippen molar-refractivity contribution in [3.63, 3.8) is 0 Å². The molecule has 0 unspecified atom stereocenters. The number of furan rings is 1. The molecule has 1 amide bonds. The third-order valence-corrected chi connectivity index (χ3v) is 3.19. The molecule has 0 aliphatic rings. The topological polar surface area (TPSA) is 68.3 Å². The molecule has 6 heteroatoms. The van der Waals surface area contributed by atoms with Gasteiger partial charge in [0.15, 0.2) is 0 Å². The van der Waals surface area contributed by atoms with Crippen molar-refractivity contribution in [1.29, 1.82) is 0 Å². The molecule has 0 bridgehead atoms. The maximum Gasteiger partial charge on any atom is 0.257 e. The van der Waals surface area contributed by atoms with Gasteiger partial charge in [-0.15, -0.1) is 0 Å². The van der Waals surface area contributed by atoms with Gasteiger partial charge in [-0.2, -0.15) is 0 Å². The Morgan fingerprint density at radius 2 is 2.18 bits per heavy atom. The molecule has 3 aromatic rings. The molecular weight excluding hydrogens is 287 g/mol. The Hall–Kier alpha value is -2.89. The molecule has 0 atom stereocenters. The van der Waals surface area contributed by atoms with E-state index in [4.69, 9.17) is 8.94 Å². The van der Waals surface area contributed by atoms with E-state index >= 15 is 0 Å². The minimum atomic E-state index is -0.403. The van der Waals surface area contributed by atoms with E-state index in [0.29, 0.717) is 22.8 Å². The summed E-state index contributed by atoms with van der Waals surface area (Å²) in [5.74, 6) is 0.250. The summed E-state index contributed by atoms with van der Waals surface area (Å²) >= 11 is 0. The summed E-state index contributed by atoms with van der Waals surface area (Å²) in [6, 6.07) is 9.36. The lowest BCUT2D eigenvalue weighted by Crippen LogP contribution is -2.23. The van der Waals surface area contributed by atoms with E-state index in [1.54, 1.807) is 31.2 Å². The van der Waals surface area contributed by atoms with Gasteiger partial charge in [-0.3, -0.25) is 4.79 Å². The third-order valence-electron chi connectivity index (χ3n) is 3.19. The Bertz CT molecular complexity index is 794. The Balaban J connectivity index is 1.87. The molecule has 1 aromatic carbocycles. The number of hydrogen-bond donors (Lipinski definition) is 1. The van der Waals surface area contributed by atoms with Crippen molar-refractivity contribution in [2.24, 2.45) is 0 Å². The molecule has 0 radical (unpaired) electrons. The molecule has 0 saturated carbocycles. The van der Waals surface area contributed by atoms with Gasteiger partial charge >= 0.3 is 0 Å². The summed E-state index contributed by atoms with van der Waals surface area (Å²) in [6.07, 6.45) is 1.53. The van der Waals surface area contributed by atoms with Crippen LogP contribution in [0.25, 0.3) is 11.3 Å². The molecular formula is C16H13FN2O3. The largest absolute Gasteiger partial charge is 0.467 e. The minimum absolute atomic E-state index is 0.249. The van der Waals surface area contributed by atoms with Crippen LogP contribution in [0.15, 0.2) is 51.6 Å². The number of nitrogens with zero attached hydrogens (tertiary/aromatic N) is 1. The van der Waals surface area contributed by atoms with Crippen molar-refractivity contribution in [3.05, 3.63) is 65.6 Å². The molecule has 2 heterocycles. The van der Waals surface area contributed by atoms with Crippen LogP contribution < -0.4 is 5.32 Å². The Morgan fingerprint density at radius 1 is 1.32 bits per heavy atom. The first-order valence-corrected chi connectivity index (χ1v) is 6.68. The SMILES string of the molecule is Cc1onc(-c2cccc(F)c2)c1C(=O)NCc1ccco1. The Labute approximate surface area is 125 Å². The van der Waals surface area contributed by atoms with Crippen LogP contribution in [0.1, 0.15) is 21.9 Å². The maximum atomic E-state index is 13.4. The zero-order valence-electron chi connectivity index (χ0n) is 11.8. The van der Waals surface area contributed by atoms with Crippen LogP contribution in [0.3, 0.4) is 0 Å². The molecule has 0 aliphatic carbocycles. The average Bonchev–Trinajstić information content (AvgIpc) is 3.14. The van der Waals surface area contributed by atoms with Gasteiger partial charge in [0.05, 0.1) is 12.8 Å². The Kier molecular flexibility index (Phi) is 3.74. The lowest BCUT2D eigenvalue weighted by Gasteiger charge is -2.04. The number of hydrogen-bond acceptors (Lipinski definition) is 4. The van der Waals surface area contributed by atoms with Crippen LogP contribution in [0.2, 0.25) is 0 Å². The van der Waals surface area contributed by atoms with Gasteiger partial charge in [0.2, 0.25) is 0 Å². The molecule has 5 nitrogen and oxygen atoms in total. The second-order valence-electron chi connectivity index (χ2n) is 4.73. The summed E-state index contributed by atoms with van der Waals surface area (Å²) < 4.78 is 23.6. The van der Waals surface area contributed by atoms with Crippen molar-refractivity contribution in [2.45, 2.75) is 13.5 Å². The highest BCUT2D eigenvalue weighted by molar-refractivity contribution is 6.00. The molecule has 0 saturated heterocycles. The fourth-order valence-corrected chi connectivity index (χ4v) is 2.14. The van der Waals surface area contributed by atoms with E-state index < -0.39 is 5.82 Å². The van der Waals surface area contributed by atoms with Crippen LogP contribution in [0.5, 0.6) is 0 Å². The predicted molar refractivity (Wildman–Crippen MR) is 76.5 cm³/mol. The number of aryl methyl sites for hydroxylation is 1. The molecule has 0 spiro atoms. The first-order chi connectivity index (χ1) is 10.6. The van der Waals surface area contributed by atoms with Gasteiger partial charge in [0.25, 0.3) is 5.91 Å². The van der Waals surface area contributed by atoms with Gasteiger partial charge < -0.3 is 14.3 Å². The van der Waals surface area contributed by atoms with E-state index in [-0.39, 0.29) is 18.0 Å². The summed E-state index contributed by atoms with van der Waals surface area (Å²) in [5, 5.41) is 6.59.